The second-order valence-corrected chi connectivity index (χ2v) is 5.86. The van der Waals surface area contributed by atoms with Crippen molar-refractivity contribution >= 4 is 18.0 Å². The van der Waals surface area contributed by atoms with Gasteiger partial charge in [0.25, 0.3) is 0 Å². The highest BCUT2D eigenvalue weighted by Gasteiger charge is 2.29. The van der Waals surface area contributed by atoms with E-state index in [0.717, 1.165) is 5.56 Å². The minimum absolute atomic E-state index is 0.00625. The fourth-order valence-electron chi connectivity index (χ4n) is 2.70. The predicted octanol–water partition coefficient (Wildman–Crippen LogP) is 1.26. The average Bonchev–Trinajstić information content (AvgIpc) is 2.70. The van der Waals surface area contributed by atoms with Gasteiger partial charge in [-0.2, -0.15) is 0 Å². The second kappa shape index (κ2) is 9.76. The third-order valence-corrected chi connectivity index (χ3v) is 4.17. The highest BCUT2D eigenvalue weighted by atomic mass is 16.5. The number of rotatable bonds is 6. The number of methoxy groups -OCH3 is 2. The fourth-order valence-corrected chi connectivity index (χ4v) is 2.70. The SMILES string of the molecule is COC(=O)CC[C@H](NC(=O)N1CCO[C@@H](c2ccccc2)C1)C(=O)OC. The van der Waals surface area contributed by atoms with Crippen LogP contribution in [0.15, 0.2) is 30.3 Å². The molecule has 8 nitrogen and oxygen atoms in total. The molecule has 1 fully saturated rings. The van der Waals surface area contributed by atoms with Crippen LogP contribution in [0, 0.1) is 0 Å². The molecule has 1 aromatic rings. The van der Waals surface area contributed by atoms with Crippen LogP contribution in [0.25, 0.3) is 0 Å². The zero-order chi connectivity index (χ0) is 18.9. The Bertz CT molecular complexity index is 621. The first-order chi connectivity index (χ1) is 12.5. The summed E-state index contributed by atoms with van der Waals surface area (Å²) < 4.78 is 15.0. The molecule has 2 atom stereocenters. The van der Waals surface area contributed by atoms with Crippen molar-refractivity contribution in [1.29, 1.82) is 0 Å². The Morgan fingerprint density at radius 2 is 1.96 bits per heavy atom. The Kier molecular flexibility index (Phi) is 7.40. The molecule has 0 spiro atoms. The van der Waals surface area contributed by atoms with Crippen LogP contribution < -0.4 is 5.32 Å². The van der Waals surface area contributed by atoms with Gasteiger partial charge in [0.15, 0.2) is 0 Å². The number of hydrogen-bond acceptors (Lipinski definition) is 6. The summed E-state index contributed by atoms with van der Waals surface area (Å²) in [6.07, 6.45) is -0.105. The molecular weight excluding hydrogens is 340 g/mol. The molecule has 26 heavy (non-hydrogen) atoms. The number of carbonyl (C=O) groups excluding carboxylic acids is 3. The largest absolute Gasteiger partial charge is 0.469 e. The van der Waals surface area contributed by atoms with Gasteiger partial charge < -0.3 is 24.4 Å². The summed E-state index contributed by atoms with van der Waals surface area (Å²) in [4.78, 5) is 37.3. The van der Waals surface area contributed by atoms with Gasteiger partial charge in [-0.15, -0.1) is 0 Å². The van der Waals surface area contributed by atoms with E-state index in [2.05, 4.69) is 10.1 Å². The van der Waals surface area contributed by atoms with Crippen LogP contribution in [0.3, 0.4) is 0 Å². The van der Waals surface area contributed by atoms with Crippen molar-refractivity contribution in [3.05, 3.63) is 35.9 Å². The van der Waals surface area contributed by atoms with E-state index in [1.54, 1.807) is 4.90 Å². The standard InChI is InChI=1S/C18H24N2O6/c1-24-16(21)9-8-14(17(22)25-2)19-18(23)20-10-11-26-15(12-20)13-6-4-3-5-7-13/h3-7,14-15H,8-12H2,1-2H3,(H,19,23)/t14-,15+/m0/s1. The number of ether oxygens (including phenoxy) is 3. The molecule has 1 aromatic carbocycles. The fraction of sp³-hybridized carbons (Fsp3) is 0.500. The monoisotopic (exact) mass is 364 g/mol. The van der Waals surface area contributed by atoms with Gasteiger partial charge in [-0.3, -0.25) is 4.79 Å². The van der Waals surface area contributed by atoms with Crippen LogP contribution in [-0.2, 0) is 23.8 Å². The lowest BCUT2D eigenvalue weighted by Crippen LogP contribution is -2.52. The van der Waals surface area contributed by atoms with E-state index >= 15 is 0 Å². The number of hydrogen-bond donors (Lipinski definition) is 1. The number of amides is 2. The number of esters is 2. The Labute approximate surface area is 152 Å². The molecule has 1 saturated heterocycles. The second-order valence-electron chi connectivity index (χ2n) is 5.86. The molecule has 1 aliphatic rings. The minimum atomic E-state index is -0.912. The Balaban J connectivity index is 1.96. The van der Waals surface area contributed by atoms with Crippen molar-refractivity contribution in [2.45, 2.75) is 25.0 Å². The highest BCUT2D eigenvalue weighted by Crippen LogP contribution is 2.22. The molecule has 1 aliphatic heterocycles. The predicted molar refractivity (Wildman–Crippen MR) is 92.3 cm³/mol. The normalized spacial score (nSPS) is 17.9. The zero-order valence-corrected chi connectivity index (χ0v) is 15.0. The maximum Gasteiger partial charge on any atom is 0.328 e. The topological polar surface area (TPSA) is 94.2 Å². The number of nitrogens with one attached hydrogen (secondary N) is 1. The Morgan fingerprint density at radius 1 is 1.23 bits per heavy atom. The molecule has 142 valence electrons. The van der Waals surface area contributed by atoms with E-state index in [9.17, 15) is 14.4 Å². The van der Waals surface area contributed by atoms with Gasteiger partial charge in [-0.25, -0.2) is 9.59 Å². The maximum atomic E-state index is 12.6. The average molecular weight is 364 g/mol. The molecule has 1 heterocycles. The van der Waals surface area contributed by atoms with E-state index in [4.69, 9.17) is 9.47 Å². The molecule has 8 heteroatoms. The van der Waals surface area contributed by atoms with E-state index < -0.39 is 24.0 Å². The van der Waals surface area contributed by atoms with Crippen LogP contribution in [-0.4, -0.2) is 62.8 Å². The van der Waals surface area contributed by atoms with Crippen molar-refractivity contribution in [1.82, 2.24) is 10.2 Å². The molecule has 0 bridgehead atoms. The number of nitrogens with zero attached hydrogens (tertiary/aromatic N) is 1. The summed E-state index contributed by atoms with van der Waals surface area (Å²) in [7, 11) is 2.51. The van der Waals surface area contributed by atoms with Gasteiger partial charge >= 0.3 is 18.0 Å². The van der Waals surface area contributed by atoms with E-state index in [0.29, 0.717) is 19.7 Å². The quantitative estimate of drug-likeness (QED) is 0.764. The van der Waals surface area contributed by atoms with Crippen LogP contribution in [0.4, 0.5) is 4.79 Å². The number of urea groups is 1. The van der Waals surface area contributed by atoms with Crippen molar-refractivity contribution in [2.75, 3.05) is 33.9 Å². The minimum Gasteiger partial charge on any atom is -0.469 e. The summed E-state index contributed by atoms with van der Waals surface area (Å²) in [5, 5.41) is 2.64. The van der Waals surface area contributed by atoms with Crippen LogP contribution >= 0.6 is 0 Å². The lowest BCUT2D eigenvalue weighted by molar-refractivity contribution is -0.144. The molecule has 0 radical (unpaired) electrons. The summed E-state index contributed by atoms with van der Waals surface area (Å²) in [6, 6.07) is 8.33. The highest BCUT2D eigenvalue weighted by molar-refractivity contribution is 5.84. The zero-order valence-electron chi connectivity index (χ0n) is 15.0. The summed E-state index contributed by atoms with van der Waals surface area (Å²) in [5.41, 5.74) is 0.986. The van der Waals surface area contributed by atoms with Crippen LogP contribution in [0.2, 0.25) is 0 Å². The van der Waals surface area contributed by atoms with Gasteiger partial charge in [-0.1, -0.05) is 30.3 Å². The molecule has 1 N–H and O–H groups in total. The van der Waals surface area contributed by atoms with Crippen molar-refractivity contribution < 1.29 is 28.6 Å². The third kappa shape index (κ3) is 5.45. The Morgan fingerprint density at radius 3 is 2.62 bits per heavy atom. The van der Waals surface area contributed by atoms with Gasteiger partial charge in [-0.05, 0) is 12.0 Å². The van der Waals surface area contributed by atoms with Gasteiger partial charge in [0.2, 0.25) is 0 Å². The lowest BCUT2D eigenvalue weighted by Gasteiger charge is -2.34. The Hall–Kier alpha value is -2.61. The molecule has 2 amide bonds. The molecular formula is C18H24N2O6. The van der Waals surface area contributed by atoms with Crippen molar-refractivity contribution in [3.63, 3.8) is 0 Å². The smallest absolute Gasteiger partial charge is 0.328 e. The first-order valence-corrected chi connectivity index (χ1v) is 8.41. The molecule has 2 rings (SSSR count). The van der Waals surface area contributed by atoms with Gasteiger partial charge in [0, 0.05) is 13.0 Å². The van der Waals surface area contributed by atoms with Gasteiger partial charge in [0.05, 0.1) is 27.4 Å². The molecule has 0 unspecified atom stereocenters. The van der Waals surface area contributed by atoms with E-state index in [1.807, 2.05) is 30.3 Å². The summed E-state index contributed by atoms with van der Waals surface area (Å²) in [6.45, 7) is 1.19. The first-order valence-electron chi connectivity index (χ1n) is 8.41. The van der Waals surface area contributed by atoms with Crippen LogP contribution in [0.5, 0.6) is 0 Å². The van der Waals surface area contributed by atoms with E-state index in [-0.39, 0.29) is 18.9 Å². The molecule has 0 saturated carbocycles. The number of morpholine rings is 1. The molecule has 0 aliphatic carbocycles. The lowest BCUT2D eigenvalue weighted by atomic mass is 10.1. The summed E-state index contributed by atoms with van der Waals surface area (Å²) in [5.74, 6) is -1.06. The number of benzene rings is 1. The van der Waals surface area contributed by atoms with Crippen molar-refractivity contribution in [3.8, 4) is 0 Å². The third-order valence-electron chi connectivity index (χ3n) is 4.17. The van der Waals surface area contributed by atoms with Gasteiger partial charge in [0.1, 0.15) is 12.1 Å². The van der Waals surface area contributed by atoms with Crippen LogP contribution in [0.1, 0.15) is 24.5 Å². The van der Waals surface area contributed by atoms with Crippen molar-refractivity contribution in [2.24, 2.45) is 0 Å². The summed E-state index contributed by atoms with van der Waals surface area (Å²) >= 11 is 0. The van der Waals surface area contributed by atoms with E-state index in [1.165, 1.54) is 14.2 Å². The first kappa shape index (κ1) is 19.7. The number of carbonyl (C=O) groups is 3. The molecule has 0 aromatic heterocycles. The maximum absolute atomic E-state index is 12.6.